The number of nitrogens with one attached hydrogen (secondary N) is 2. The second kappa shape index (κ2) is 10.3. The summed E-state index contributed by atoms with van der Waals surface area (Å²) in [4.78, 5) is 41.5. The van der Waals surface area contributed by atoms with Gasteiger partial charge in [-0.3, -0.25) is 19.6 Å². The Balaban J connectivity index is 1.62. The van der Waals surface area contributed by atoms with Crippen molar-refractivity contribution in [3.8, 4) is 5.75 Å². The maximum atomic E-state index is 14.7. The second-order valence-corrected chi connectivity index (χ2v) is 10.1. The standard InChI is InChI=1S/C25H32FN7O5/c1-6-32-20(18(26)13(2)31-32)22(35)30-23-29-16-10-14(21(27)34)11-17-19(16)33(23)15(12-37-17)8-7-9-28-24(36)38-25(3,4)5/h10-11,15H,6-9,12H2,1-5H3,(H2,27,34)(H,28,36)(H,29,30,35)/t15-/m0/s1. The molecule has 0 spiro atoms. The molecule has 0 bridgehead atoms. The molecule has 1 aliphatic heterocycles. The van der Waals surface area contributed by atoms with Crippen molar-refractivity contribution in [3.05, 3.63) is 34.9 Å². The lowest BCUT2D eigenvalue weighted by Gasteiger charge is -2.27. The van der Waals surface area contributed by atoms with Gasteiger partial charge < -0.3 is 25.1 Å². The first-order valence-corrected chi connectivity index (χ1v) is 12.4. The highest BCUT2D eigenvalue weighted by atomic mass is 19.1. The summed E-state index contributed by atoms with van der Waals surface area (Å²) in [6.07, 6.45) is 0.622. The number of halogens is 1. The number of ether oxygens (including phenoxy) is 2. The molecule has 13 heteroatoms. The normalized spacial score (nSPS) is 14.7. The Labute approximate surface area is 218 Å². The number of nitrogens with zero attached hydrogens (tertiary/aromatic N) is 4. The van der Waals surface area contributed by atoms with Crippen LogP contribution in [-0.2, 0) is 11.3 Å². The molecule has 0 unspecified atom stereocenters. The summed E-state index contributed by atoms with van der Waals surface area (Å²) >= 11 is 0. The summed E-state index contributed by atoms with van der Waals surface area (Å²) in [7, 11) is 0. The van der Waals surface area contributed by atoms with E-state index in [0.29, 0.717) is 42.7 Å². The van der Waals surface area contributed by atoms with Crippen LogP contribution in [0.2, 0.25) is 0 Å². The third-order valence-corrected chi connectivity index (χ3v) is 6.01. The second-order valence-electron chi connectivity index (χ2n) is 10.1. The van der Waals surface area contributed by atoms with Crippen molar-refractivity contribution >= 4 is 34.9 Å². The number of rotatable bonds is 8. The van der Waals surface area contributed by atoms with E-state index in [9.17, 15) is 18.8 Å². The number of carbonyl (C=O) groups is 3. The minimum Gasteiger partial charge on any atom is -0.489 e. The molecule has 2 aromatic heterocycles. The fourth-order valence-electron chi connectivity index (χ4n) is 4.37. The topological polar surface area (TPSA) is 155 Å². The molecule has 1 atom stereocenters. The average Bonchev–Trinajstić information content (AvgIpc) is 3.34. The number of anilines is 1. The van der Waals surface area contributed by atoms with Gasteiger partial charge >= 0.3 is 6.09 Å². The van der Waals surface area contributed by atoms with Gasteiger partial charge in [-0.05, 0) is 59.6 Å². The van der Waals surface area contributed by atoms with Crippen LogP contribution >= 0.6 is 0 Å². The largest absolute Gasteiger partial charge is 0.489 e. The van der Waals surface area contributed by atoms with Gasteiger partial charge in [-0.25, -0.2) is 14.2 Å². The number of imidazole rings is 1. The van der Waals surface area contributed by atoms with Crippen LogP contribution in [0.3, 0.4) is 0 Å². The van der Waals surface area contributed by atoms with E-state index in [-0.39, 0.29) is 35.5 Å². The predicted molar refractivity (Wildman–Crippen MR) is 137 cm³/mol. The molecule has 0 aliphatic carbocycles. The molecule has 4 N–H and O–H groups in total. The van der Waals surface area contributed by atoms with E-state index in [2.05, 4.69) is 20.7 Å². The van der Waals surface area contributed by atoms with Gasteiger partial charge in [-0.2, -0.15) is 5.10 Å². The number of nitrogens with two attached hydrogens (primary N) is 1. The van der Waals surface area contributed by atoms with Crippen LogP contribution in [0.25, 0.3) is 11.0 Å². The van der Waals surface area contributed by atoms with Gasteiger partial charge in [0.2, 0.25) is 11.9 Å². The smallest absolute Gasteiger partial charge is 0.407 e. The van der Waals surface area contributed by atoms with E-state index in [1.165, 1.54) is 23.7 Å². The summed E-state index contributed by atoms with van der Waals surface area (Å²) in [6.45, 7) is 9.48. The zero-order valence-electron chi connectivity index (χ0n) is 22.1. The molecule has 3 amide bonds. The van der Waals surface area contributed by atoms with Crippen molar-refractivity contribution in [2.75, 3.05) is 18.5 Å². The number of amides is 3. The Morgan fingerprint density at radius 3 is 2.68 bits per heavy atom. The van der Waals surface area contributed by atoms with Gasteiger partial charge in [0.15, 0.2) is 11.5 Å². The quantitative estimate of drug-likeness (QED) is 0.378. The zero-order chi connectivity index (χ0) is 27.8. The molecular weight excluding hydrogens is 497 g/mol. The van der Waals surface area contributed by atoms with Crippen LogP contribution in [0, 0.1) is 12.7 Å². The van der Waals surface area contributed by atoms with Gasteiger partial charge in [0, 0.05) is 18.7 Å². The summed E-state index contributed by atoms with van der Waals surface area (Å²) in [5.74, 6) is -1.49. The van der Waals surface area contributed by atoms with E-state index < -0.39 is 29.3 Å². The first-order valence-electron chi connectivity index (χ1n) is 12.4. The molecule has 38 heavy (non-hydrogen) atoms. The number of benzene rings is 1. The zero-order valence-corrected chi connectivity index (χ0v) is 22.1. The van der Waals surface area contributed by atoms with Gasteiger partial charge in [0.25, 0.3) is 5.91 Å². The van der Waals surface area contributed by atoms with Crippen molar-refractivity contribution in [1.29, 1.82) is 0 Å². The molecule has 1 aromatic carbocycles. The maximum absolute atomic E-state index is 14.7. The highest BCUT2D eigenvalue weighted by molar-refractivity contribution is 6.04. The summed E-state index contributed by atoms with van der Waals surface area (Å²) in [5, 5.41) is 9.52. The molecule has 1 aliphatic rings. The maximum Gasteiger partial charge on any atom is 0.407 e. The van der Waals surface area contributed by atoms with Gasteiger partial charge in [-0.1, -0.05) is 0 Å². The minimum atomic E-state index is -0.705. The lowest BCUT2D eigenvalue weighted by molar-refractivity contribution is 0.0525. The molecule has 12 nitrogen and oxygen atoms in total. The van der Waals surface area contributed by atoms with E-state index in [0.717, 1.165) is 0 Å². The van der Waals surface area contributed by atoms with Gasteiger partial charge in [0.05, 0.1) is 17.3 Å². The number of aromatic nitrogens is 4. The summed E-state index contributed by atoms with van der Waals surface area (Å²) < 4.78 is 29.0. The van der Waals surface area contributed by atoms with E-state index in [1.807, 2.05) is 4.57 Å². The summed E-state index contributed by atoms with van der Waals surface area (Å²) in [5.41, 5.74) is 5.96. The van der Waals surface area contributed by atoms with Crippen molar-refractivity contribution in [2.24, 2.45) is 5.73 Å². The molecule has 0 saturated carbocycles. The first kappa shape index (κ1) is 26.9. The SMILES string of the molecule is CCn1nc(C)c(F)c1C(=O)Nc1nc2cc(C(N)=O)cc3c2n1[C@@H](CCCNC(=O)OC(C)(C)C)CO3. The first-order chi connectivity index (χ1) is 17.9. The number of primary amides is 1. The number of hydrogen-bond acceptors (Lipinski definition) is 7. The van der Waals surface area contributed by atoms with Crippen LogP contribution in [0.5, 0.6) is 5.75 Å². The van der Waals surface area contributed by atoms with E-state index >= 15 is 0 Å². The third-order valence-electron chi connectivity index (χ3n) is 6.01. The van der Waals surface area contributed by atoms with E-state index in [4.69, 9.17) is 15.2 Å². The van der Waals surface area contributed by atoms with Crippen LogP contribution in [0.4, 0.5) is 15.1 Å². The molecular formula is C25H32FN7O5. The third kappa shape index (κ3) is 5.41. The van der Waals surface area contributed by atoms with Gasteiger partial charge in [-0.15, -0.1) is 0 Å². The molecule has 3 heterocycles. The monoisotopic (exact) mass is 529 g/mol. The Kier molecular flexibility index (Phi) is 7.29. The van der Waals surface area contributed by atoms with Crippen molar-refractivity contribution in [1.82, 2.24) is 24.6 Å². The number of hydrogen-bond donors (Lipinski definition) is 3. The van der Waals surface area contributed by atoms with Crippen molar-refractivity contribution in [3.63, 3.8) is 0 Å². The van der Waals surface area contributed by atoms with Crippen LogP contribution in [0.1, 0.15) is 73.1 Å². The molecule has 0 radical (unpaired) electrons. The number of alkyl carbamates (subject to hydrolysis) is 1. The molecule has 204 valence electrons. The molecule has 0 fully saturated rings. The number of aryl methyl sites for hydroxylation is 2. The molecule has 3 aromatic rings. The Morgan fingerprint density at radius 1 is 1.29 bits per heavy atom. The Morgan fingerprint density at radius 2 is 2.03 bits per heavy atom. The van der Waals surface area contributed by atoms with Crippen LogP contribution in [0.15, 0.2) is 12.1 Å². The fourth-order valence-corrected chi connectivity index (χ4v) is 4.37. The van der Waals surface area contributed by atoms with Crippen LogP contribution in [-0.4, -0.2) is 56.0 Å². The van der Waals surface area contributed by atoms with Crippen molar-refractivity contribution in [2.45, 2.75) is 65.6 Å². The van der Waals surface area contributed by atoms with Crippen LogP contribution < -0.4 is 21.1 Å². The van der Waals surface area contributed by atoms with E-state index in [1.54, 1.807) is 27.7 Å². The minimum absolute atomic E-state index is 0.115. The molecule has 4 rings (SSSR count). The predicted octanol–water partition coefficient (Wildman–Crippen LogP) is 3.29. The Bertz CT molecular complexity index is 1410. The average molecular weight is 530 g/mol. The lowest BCUT2D eigenvalue weighted by atomic mass is 10.1. The highest BCUT2D eigenvalue weighted by Crippen LogP contribution is 2.38. The van der Waals surface area contributed by atoms with Crippen molar-refractivity contribution < 1.29 is 28.2 Å². The summed E-state index contributed by atoms with van der Waals surface area (Å²) in [6, 6.07) is 2.78. The number of carbonyl (C=O) groups excluding carboxylic acids is 3. The molecule has 0 saturated heterocycles. The highest BCUT2D eigenvalue weighted by Gasteiger charge is 2.30. The van der Waals surface area contributed by atoms with Gasteiger partial charge in [0.1, 0.15) is 23.5 Å². The lowest BCUT2D eigenvalue weighted by Crippen LogP contribution is -2.33. The Hall–Kier alpha value is -4.16. The fraction of sp³-hybridized carbons (Fsp3) is 0.480.